The van der Waals surface area contributed by atoms with E-state index in [9.17, 15) is 0 Å². The molecule has 1 aromatic carbocycles. The Bertz CT molecular complexity index is 287. The molecule has 2 nitrogen and oxygen atoms in total. The summed E-state index contributed by atoms with van der Waals surface area (Å²) in [5, 5.41) is 0. The van der Waals surface area contributed by atoms with E-state index in [4.69, 9.17) is 5.73 Å². The third-order valence-corrected chi connectivity index (χ3v) is 2.77. The molecule has 2 N–H and O–H groups in total. The van der Waals surface area contributed by atoms with Crippen LogP contribution in [0.1, 0.15) is 24.0 Å². The van der Waals surface area contributed by atoms with Crippen molar-refractivity contribution in [2.45, 2.75) is 26.7 Å². The molecule has 0 saturated carbocycles. The monoisotopic (exact) mass is 206 g/mol. The van der Waals surface area contributed by atoms with Gasteiger partial charge >= 0.3 is 0 Å². The van der Waals surface area contributed by atoms with Gasteiger partial charge in [-0.15, -0.1) is 0 Å². The minimum Gasteiger partial charge on any atom is -0.374 e. The second-order valence-electron chi connectivity index (χ2n) is 4.16. The molecule has 84 valence electrons. The van der Waals surface area contributed by atoms with Crippen molar-refractivity contribution in [2.75, 3.05) is 25.0 Å². The average molecular weight is 206 g/mol. The number of nitrogens with zero attached hydrogens (tertiary/aromatic N) is 1. The van der Waals surface area contributed by atoms with E-state index in [1.807, 2.05) is 0 Å². The Hall–Kier alpha value is -1.02. The molecule has 0 aliphatic rings. The molecule has 2 heteroatoms. The van der Waals surface area contributed by atoms with Crippen LogP contribution in [0.5, 0.6) is 0 Å². The number of hydrogen-bond donors (Lipinski definition) is 1. The predicted octanol–water partition coefficient (Wildman–Crippen LogP) is 2.48. The first-order chi connectivity index (χ1) is 7.16. The highest BCUT2D eigenvalue weighted by Gasteiger charge is 2.06. The summed E-state index contributed by atoms with van der Waals surface area (Å²) in [5.41, 5.74) is 9.57. The number of rotatable bonds is 5. The molecular formula is C13H22N2. The molecule has 0 aliphatic carbocycles. The standard InChI is InChI=1S/C13H22N2/c1-11-7-6-8-12(2)13(11)15(3)10-5-4-9-14/h6-8H,4-5,9-10,14H2,1-3H3. The topological polar surface area (TPSA) is 29.3 Å². The van der Waals surface area contributed by atoms with Gasteiger partial charge in [-0.2, -0.15) is 0 Å². The predicted molar refractivity (Wildman–Crippen MR) is 67.5 cm³/mol. The fraction of sp³-hybridized carbons (Fsp3) is 0.538. The molecule has 1 aromatic rings. The number of aryl methyl sites for hydroxylation is 2. The largest absolute Gasteiger partial charge is 0.374 e. The Balaban J connectivity index is 2.68. The maximum atomic E-state index is 5.49. The molecule has 15 heavy (non-hydrogen) atoms. The summed E-state index contributed by atoms with van der Waals surface area (Å²) < 4.78 is 0. The quantitative estimate of drug-likeness (QED) is 0.750. The van der Waals surface area contributed by atoms with E-state index in [1.54, 1.807) is 0 Å². The van der Waals surface area contributed by atoms with Crippen LogP contribution in [0.2, 0.25) is 0 Å². The van der Waals surface area contributed by atoms with Gasteiger partial charge in [0.1, 0.15) is 0 Å². The Kier molecular flexibility index (Phi) is 4.63. The smallest absolute Gasteiger partial charge is 0.0423 e. The van der Waals surface area contributed by atoms with Crippen LogP contribution in [-0.4, -0.2) is 20.1 Å². The van der Waals surface area contributed by atoms with Gasteiger partial charge in [0.2, 0.25) is 0 Å². The van der Waals surface area contributed by atoms with Crippen LogP contribution in [0.3, 0.4) is 0 Å². The van der Waals surface area contributed by atoms with Gasteiger partial charge in [0.15, 0.2) is 0 Å². The highest BCUT2D eigenvalue weighted by atomic mass is 15.1. The van der Waals surface area contributed by atoms with Gasteiger partial charge in [-0.05, 0) is 44.4 Å². The van der Waals surface area contributed by atoms with E-state index < -0.39 is 0 Å². The molecule has 0 bridgehead atoms. The lowest BCUT2D eigenvalue weighted by Gasteiger charge is -2.23. The molecule has 0 aliphatic heterocycles. The van der Waals surface area contributed by atoms with Crippen molar-refractivity contribution < 1.29 is 0 Å². The van der Waals surface area contributed by atoms with Crippen molar-refractivity contribution in [1.82, 2.24) is 0 Å². The van der Waals surface area contributed by atoms with Crippen molar-refractivity contribution in [3.63, 3.8) is 0 Å². The summed E-state index contributed by atoms with van der Waals surface area (Å²) in [7, 11) is 2.16. The third kappa shape index (κ3) is 3.24. The van der Waals surface area contributed by atoms with Gasteiger partial charge in [0.05, 0.1) is 0 Å². The SMILES string of the molecule is Cc1cccc(C)c1N(C)CCCCN. The van der Waals surface area contributed by atoms with Gasteiger partial charge in [-0.3, -0.25) is 0 Å². The normalized spacial score (nSPS) is 10.4. The van der Waals surface area contributed by atoms with Crippen LogP contribution in [0.4, 0.5) is 5.69 Å². The second-order valence-corrected chi connectivity index (χ2v) is 4.16. The van der Waals surface area contributed by atoms with Crippen LogP contribution in [0, 0.1) is 13.8 Å². The van der Waals surface area contributed by atoms with E-state index in [0.29, 0.717) is 0 Å². The van der Waals surface area contributed by atoms with E-state index in [1.165, 1.54) is 23.2 Å². The van der Waals surface area contributed by atoms with Crippen molar-refractivity contribution in [1.29, 1.82) is 0 Å². The molecule has 0 atom stereocenters. The Morgan fingerprint density at radius 3 is 2.27 bits per heavy atom. The van der Waals surface area contributed by atoms with E-state index >= 15 is 0 Å². The van der Waals surface area contributed by atoms with Crippen LogP contribution < -0.4 is 10.6 Å². The first-order valence-corrected chi connectivity index (χ1v) is 5.64. The molecule has 0 aromatic heterocycles. The van der Waals surface area contributed by atoms with Crippen LogP contribution in [-0.2, 0) is 0 Å². The fourth-order valence-corrected chi connectivity index (χ4v) is 2.01. The van der Waals surface area contributed by atoms with Crippen LogP contribution >= 0.6 is 0 Å². The zero-order valence-corrected chi connectivity index (χ0v) is 10.1. The van der Waals surface area contributed by atoms with Crippen LogP contribution in [0.15, 0.2) is 18.2 Å². The fourth-order valence-electron chi connectivity index (χ4n) is 2.01. The maximum Gasteiger partial charge on any atom is 0.0423 e. The summed E-state index contributed by atoms with van der Waals surface area (Å²) in [6, 6.07) is 6.45. The molecule has 0 heterocycles. The molecule has 0 radical (unpaired) electrons. The van der Waals surface area contributed by atoms with Gasteiger partial charge in [-0.1, -0.05) is 18.2 Å². The highest BCUT2D eigenvalue weighted by molar-refractivity contribution is 5.58. The number of hydrogen-bond acceptors (Lipinski definition) is 2. The Labute approximate surface area is 93.1 Å². The summed E-state index contributed by atoms with van der Waals surface area (Å²) in [5.74, 6) is 0. The molecule has 1 rings (SSSR count). The Morgan fingerprint density at radius 2 is 1.73 bits per heavy atom. The third-order valence-electron chi connectivity index (χ3n) is 2.77. The molecule has 0 fully saturated rings. The molecule has 0 spiro atoms. The van der Waals surface area contributed by atoms with E-state index in [0.717, 1.165) is 19.5 Å². The number of unbranched alkanes of at least 4 members (excludes halogenated alkanes) is 1. The Morgan fingerprint density at radius 1 is 1.13 bits per heavy atom. The van der Waals surface area contributed by atoms with Crippen LogP contribution in [0.25, 0.3) is 0 Å². The maximum absolute atomic E-state index is 5.49. The summed E-state index contributed by atoms with van der Waals surface area (Å²) in [6.07, 6.45) is 2.27. The number of benzene rings is 1. The molecule has 0 saturated heterocycles. The number of anilines is 1. The van der Waals surface area contributed by atoms with Gasteiger partial charge in [0, 0.05) is 19.3 Å². The second kappa shape index (κ2) is 5.76. The van der Waals surface area contributed by atoms with Crippen molar-refractivity contribution in [3.8, 4) is 0 Å². The zero-order valence-electron chi connectivity index (χ0n) is 10.1. The van der Waals surface area contributed by atoms with Gasteiger partial charge in [0.25, 0.3) is 0 Å². The molecular weight excluding hydrogens is 184 g/mol. The highest BCUT2D eigenvalue weighted by Crippen LogP contribution is 2.23. The van der Waals surface area contributed by atoms with Crippen molar-refractivity contribution >= 4 is 5.69 Å². The minimum atomic E-state index is 0.792. The van der Waals surface area contributed by atoms with Crippen molar-refractivity contribution in [2.24, 2.45) is 5.73 Å². The molecule has 0 unspecified atom stereocenters. The molecule has 0 amide bonds. The van der Waals surface area contributed by atoms with Crippen molar-refractivity contribution in [3.05, 3.63) is 29.3 Å². The van der Waals surface area contributed by atoms with E-state index in [-0.39, 0.29) is 0 Å². The number of nitrogens with two attached hydrogens (primary N) is 1. The summed E-state index contributed by atoms with van der Waals surface area (Å²) >= 11 is 0. The zero-order chi connectivity index (χ0) is 11.3. The first-order valence-electron chi connectivity index (χ1n) is 5.64. The minimum absolute atomic E-state index is 0.792. The lowest BCUT2D eigenvalue weighted by molar-refractivity contribution is 0.726. The number of para-hydroxylation sites is 1. The lowest BCUT2D eigenvalue weighted by atomic mass is 10.1. The first kappa shape index (κ1) is 12.1. The summed E-state index contributed by atoms with van der Waals surface area (Å²) in [6.45, 7) is 6.22. The summed E-state index contributed by atoms with van der Waals surface area (Å²) in [4.78, 5) is 2.33. The van der Waals surface area contributed by atoms with Gasteiger partial charge in [-0.25, -0.2) is 0 Å². The van der Waals surface area contributed by atoms with Gasteiger partial charge < -0.3 is 10.6 Å². The lowest BCUT2D eigenvalue weighted by Crippen LogP contribution is -2.21. The average Bonchev–Trinajstić information content (AvgIpc) is 2.18. The van der Waals surface area contributed by atoms with E-state index in [2.05, 4.69) is 44.0 Å².